The van der Waals surface area contributed by atoms with Crippen LogP contribution < -0.4 is 11.1 Å². The van der Waals surface area contributed by atoms with E-state index in [1.165, 1.54) is 19.2 Å². The Kier molecular flexibility index (Phi) is 5.92. The highest BCUT2D eigenvalue weighted by atomic mass is 35.5. The van der Waals surface area contributed by atoms with E-state index in [4.69, 9.17) is 10.5 Å². The van der Waals surface area contributed by atoms with Crippen LogP contribution in [0, 0.1) is 5.82 Å². The second-order valence-corrected chi connectivity index (χ2v) is 4.94. The Morgan fingerprint density at radius 1 is 1.55 bits per heavy atom. The molecule has 3 N–H and O–H groups in total. The number of carbonyl (C=O) groups is 1. The van der Waals surface area contributed by atoms with Crippen molar-refractivity contribution in [3.05, 3.63) is 35.6 Å². The fourth-order valence-corrected chi connectivity index (χ4v) is 2.18. The molecule has 0 radical (unpaired) electrons. The first-order valence-corrected chi connectivity index (χ1v) is 6.39. The van der Waals surface area contributed by atoms with Crippen LogP contribution >= 0.6 is 12.4 Å². The molecule has 1 aliphatic carbocycles. The van der Waals surface area contributed by atoms with Crippen molar-refractivity contribution in [2.75, 3.05) is 13.7 Å². The van der Waals surface area contributed by atoms with Gasteiger partial charge in [-0.25, -0.2) is 4.39 Å². The Bertz CT molecular complexity index is 462. The fourth-order valence-electron chi connectivity index (χ4n) is 2.18. The predicted molar refractivity (Wildman–Crippen MR) is 77.2 cm³/mol. The lowest BCUT2D eigenvalue weighted by atomic mass is 10.0. The average Bonchev–Trinajstić information content (AvgIpc) is 3.17. The first kappa shape index (κ1) is 16.9. The van der Waals surface area contributed by atoms with Crippen LogP contribution in [0.4, 0.5) is 4.39 Å². The first-order valence-electron chi connectivity index (χ1n) is 6.39. The molecule has 20 heavy (non-hydrogen) atoms. The SMILES string of the molecule is COC(CN)CC(=O)NC1(c2cccc(F)c2)CC1.Cl. The number of carbonyl (C=O) groups excluding carboxylic acids is 1. The highest BCUT2D eigenvalue weighted by Crippen LogP contribution is 2.45. The molecule has 4 nitrogen and oxygen atoms in total. The van der Waals surface area contributed by atoms with Gasteiger partial charge in [-0.2, -0.15) is 0 Å². The van der Waals surface area contributed by atoms with E-state index in [9.17, 15) is 9.18 Å². The van der Waals surface area contributed by atoms with E-state index in [1.807, 2.05) is 6.07 Å². The van der Waals surface area contributed by atoms with E-state index in [-0.39, 0.29) is 36.7 Å². The molecule has 2 rings (SSSR count). The fraction of sp³-hybridized carbons (Fsp3) is 0.500. The molecule has 1 aromatic carbocycles. The highest BCUT2D eigenvalue weighted by Gasteiger charge is 2.45. The van der Waals surface area contributed by atoms with Crippen LogP contribution in [0.25, 0.3) is 0 Å². The number of benzene rings is 1. The number of halogens is 2. The van der Waals surface area contributed by atoms with Crippen molar-refractivity contribution >= 4 is 18.3 Å². The number of nitrogens with one attached hydrogen (secondary N) is 1. The number of ether oxygens (including phenoxy) is 1. The third kappa shape index (κ3) is 3.91. The summed E-state index contributed by atoms with van der Waals surface area (Å²) in [6.07, 6.45) is 1.62. The molecule has 112 valence electrons. The molecule has 1 atom stereocenters. The Hall–Kier alpha value is -1.17. The zero-order chi connectivity index (χ0) is 13.9. The summed E-state index contributed by atoms with van der Waals surface area (Å²) in [5, 5.41) is 2.97. The first-order chi connectivity index (χ1) is 9.09. The van der Waals surface area contributed by atoms with Crippen LogP contribution in [0.1, 0.15) is 24.8 Å². The molecule has 0 aromatic heterocycles. The number of amides is 1. The standard InChI is InChI=1S/C14H19FN2O2.ClH/c1-19-12(9-16)8-13(18)17-14(5-6-14)10-3-2-4-11(15)7-10;/h2-4,7,12H,5-6,8-9,16H2,1H3,(H,17,18);1H. The molecular formula is C14H20ClFN2O2. The summed E-state index contributed by atoms with van der Waals surface area (Å²) in [6, 6.07) is 6.38. The summed E-state index contributed by atoms with van der Waals surface area (Å²) in [5.74, 6) is -0.395. The van der Waals surface area contributed by atoms with E-state index in [0.717, 1.165) is 18.4 Å². The summed E-state index contributed by atoms with van der Waals surface area (Å²) in [6.45, 7) is 0.302. The molecule has 1 unspecified atom stereocenters. The van der Waals surface area contributed by atoms with Crippen LogP contribution in [0.5, 0.6) is 0 Å². The second kappa shape index (κ2) is 7.02. The number of hydrogen-bond acceptors (Lipinski definition) is 3. The van der Waals surface area contributed by atoms with Gasteiger partial charge in [-0.3, -0.25) is 4.79 Å². The van der Waals surface area contributed by atoms with Crippen molar-refractivity contribution < 1.29 is 13.9 Å². The monoisotopic (exact) mass is 302 g/mol. The van der Waals surface area contributed by atoms with Crippen molar-refractivity contribution in [1.29, 1.82) is 0 Å². The van der Waals surface area contributed by atoms with Crippen molar-refractivity contribution in [2.45, 2.75) is 30.9 Å². The number of nitrogens with two attached hydrogens (primary N) is 1. The summed E-state index contributed by atoms with van der Waals surface area (Å²) in [7, 11) is 1.53. The van der Waals surface area contributed by atoms with Gasteiger partial charge in [0, 0.05) is 13.7 Å². The maximum atomic E-state index is 13.2. The Morgan fingerprint density at radius 2 is 2.25 bits per heavy atom. The van der Waals surface area contributed by atoms with Gasteiger partial charge in [-0.1, -0.05) is 12.1 Å². The van der Waals surface area contributed by atoms with Gasteiger partial charge in [0.2, 0.25) is 5.91 Å². The predicted octanol–water partition coefficient (Wildman–Crippen LogP) is 1.72. The normalized spacial score (nSPS) is 16.9. The van der Waals surface area contributed by atoms with Crippen LogP contribution in [0.2, 0.25) is 0 Å². The Labute approximate surface area is 124 Å². The lowest BCUT2D eigenvalue weighted by Gasteiger charge is -2.20. The number of rotatable bonds is 6. The summed E-state index contributed by atoms with van der Waals surface area (Å²) in [4.78, 5) is 11.9. The smallest absolute Gasteiger partial charge is 0.223 e. The van der Waals surface area contributed by atoms with Crippen LogP contribution in [0.15, 0.2) is 24.3 Å². The van der Waals surface area contributed by atoms with Crippen molar-refractivity contribution in [2.24, 2.45) is 5.73 Å². The molecule has 1 aliphatic rings. The van der Waals surface area contributed by atoms with Gasteiger partial charge in [0.25, 0.3) is 0 Å². The molecule has 6 heteroatoms. The maximum Gasteiger partial charge on any atom is 0.223 e. The van der Waals surface area contributed by atoms with Gasteiger partial charge in [-0.15, -0.1) is 12.4 Å². The van der Waals surface area contributed by atoms with E-state index in [1.54, 1.807) is 6.07 Å². The van der Waals surface area contributed by atoms with Crippen LogP contribution in [-0.2, 0) is 15.1 Å². The highest BCUT2D eigenvalue weighted by molar-refractivity contribution is 5.85. The van der Waals surface area contributed by atoms with Gasteiger partial charge < -0.3 is 15.8 Å². The van der Waals surface area contributed by atoms with Crippen molar-refractivity contribution in [3.8, 4) is 0 Å². The van der Waals surface area contributed by atoms with Gasteiger partial charge >= 0.3 is 0 Å². The molecule has 0 aliphatic heterocycles. The van der Waals surface area contributed by atoms with Crippen molar-refractivity contribution in [3.63, 3.8) is 0 Å². The van der Waals surface area contributed by atoms with Gasteiger partial charge in [-0.05, 0) is 30.5 Å². The molecular weight excluding hydrogens is 283 g/mol. The Balaban J connectivity index is 0.00000200. The molecule has 1 amide bonds. The zero-order valence-corrected chi connectivity index (χ0v) is 12.2. The second-order valence-electron chi connectivity index (χ2n) is 4.94. The Morgan fingerprint density at radius 3 is 2.75 bits per heavy atom. The van der Waals surface area contributed by atoms with Crippen LogP contribution in [-0.4, -0.2) is 25.7 Å². The molecule has 1 aromatic rings. The minimum absolute atomic E-state index is 0. The lowest BCUT2D eigenvalue weighted by Crippen LogP contribution is -2.38. The summed E-state index contributed by atoms with van der Waals surface area (Å²) in [5.41, 5.74) is 5.91. The van der Waals surface area contributed by atoms with E-state index >= 15 is 0 Å². The molecule has 1 fully saturated rings. The minimum atomic E-state index is -0.397. The zero-order valence-electron chi connectivity index (χ0n) is 11.4. The van der Waals surface area contributed by atoms with Gasteiger partial charge in [0.1, 0.15) is 5.82 Å². The van der Waals surface area contributed by atoms with Gasteiger partial charge in [0.05, 0.1) is 18.1 Å². The topological polar surface area (TPSA) is 64.3 Å². The largest absolute Gasteiger partial charge is 0.380 e. The average molecular weight is 303 g/mol. The third-order valence-electron chi connectivity index (χ3n) is 3.52. The van der Waals surface area contributed by atoms with E-state index < -0.39 is 5.54 Å². The quantitative estimate of drug-likeness (QED) is 0.841. The van der Waals surface area contributed by atoms with E-state index in [0.29, 0.717) is 6.54 Å². The summed E-state index contributed by atoms with van der Waals surface area (Å²) >= 11 is 0. The van der Waals surface area contributed by atoms with E-state index in [2.05, 4.69) is 5.32 Å². The molecule has 0 spiro atoms. The minimum Gasteiger partial charge on any atom is -0.380 e. The van der Waals surface area contributed by atoms with Gasteiger partial charge in [0.15, 0.2) is 0 Å². The van der Waals surface area contributed by atoms with Crippen molar-refractivity contribution in [1.82, 2.24) is 5.32 Å². The molecule has 0 heterocycles. The molecule has 1 saturated carbocycles. The van der Waals surface area contributed by atoms with Crippen LogP contribution in [0.3, 0.4) is 0 Å². The molecule has 0 saturated heterocycles. The third-order valence-corrected chi connectivity index (χ3v) is 3.52. The molecule has 0 bridgehead atoms. The summed E-state index contributed by atoms with van der Waals surface area (Å²) < 4.78 is 18.3. The number of hydrogen-bond donors (Lipinski definition) is 2. The lowest BCUT2D eigenvalue weighted by molar-refractivity contribution is -0.124. The maximum absolute atomic E-state index is 13.2. The number of methoxy groups -OCH3 is 1.